The molecule has 1 aliphatic heterocycles. The van der Waals surface area contributed by atoms with E-state index in [2.05, 4.69) is 48.5 Å². The Bertz CT molecular complexity index is 1450. The lowest BCUT2D eigenvalue weighted by Gasteiger charge is -2.49. The van der Waals surface area contributed by atoms with Crippen LogP contribution in [0.2, 0.25) is 5.02 Å². The lowest BCUT2D eigenvalue weighted by molar-refractivity contribution is -0.119. The number of rotatable bonds is 9. The molecular weight excluding hydrogens is 630 g/mol. The van der Waals surface area contributed by atoms with Crippen molar-refractivity contribution in [1.29, 1.82) is 0 Å². The van der Waals surface area contributed by atoms with E-state index in [0.717, 1.165) is 39.8 Å². The number of ketones is 2. The Balaban J connectivity index is 1.67. The topological polar surface area (TPSA) is 65.1 Å². The minimum atomic E-state index is -0.523. The number of allylic oxidation sites excluding steroid dienone is 4. The standard InChI is InChI=1S/C35H41BrClNO5/c1-7-42-29-15-22(14-24(37)33(29)43-20-21-10-8-9-11-23(21)36)30-31-25(16-34(2,3)18-27(31)39)38(12-13-41-6)26-17-35(4,5)19-28(40)32(26)30/h8-11,14-15,30H,7,12-13,16-20H2,1-6H3. The van der Waals surface area contributed by atoms with Crippen LogP contribution in [0.25, 0.3) is 0 Å². The van der Waals surface area contributed by atoms with Crippen LogP contribution < -0.4 is 9.47 Å². The average molecular weight is 671 g/mol. The molecule has 3 aliphatic rings. The molecule has 0 fully saturated rings. The van der Waals surface area contributed by atoms with Gasteiger partial charge in [-0.25, -0.2) is 0 Å². The summed E-state index contributed by atoms with van der Waals surface area (Å²) in [5.74, 6) is 0.564. The second kappa shape index (κ2) is 12.4. The number of benzene rings is 2. The second-order valence-electron chi connectivity index (χ2n) is 13.3. The molecule has 0 radical (unpaired) electrons. The average Bonchev–Trinajstić information content (AvgIpc) is 2.90. The third-order valence-electron chi connectivity index (χ3n) is 8.54. The van der Waals surface area contributed by atoms with Crippen LogP contribution in [-0.4, -0.2) is 43.3 Å². The van der Waals surface area contributed by atoms with Crippen LogP contribution in [0.15, 0.2) is 63.4 Å². The van der Waals surface area contributed by atoms with E-state index in [0.29, 0.717) is 66.9 Å². The smallest absolute Gasteiger partial charge is 0.180 e. The highest BCUT2D eigenvalue weighted by molar-refractivity contribution is 9.10. The summed E-state index contributed by atoms with van der Waals surface area (Å²) in [5.41, 5.74) is 4.74. The Hall–Kier alpha value is -2.61. The molecule has 8 heteroatoms. The van der Waals surface area contributed by atoms with Gasteiger partial charge in [-0.3, -0.25) is 9.59 Å². The minimum absolute atomic E-state index is 0.0752. The third-order valence-corrected chi connectivity index (χ3v) is 9.59. The van der Waals surface area contributed by atoms with E-state index < -0.39 is 5.92 Å². The fourth-order valence-corrected chi connectivity index (χ4v) is 7.43. The molecule has 0 atom stereocenters. The number of nitrogens with zero attached hydrogens (tertiary/aromatic N) is 1. The fourth-order valence-electron chi connectivity index (χ4n) is 6.76. The molecule has 0 N–H and O–H groups in total. The summed E-state index contributed by atoms with van der Waals surface area (Å²) >= 11 is 10.5. The van der Waals surface area contributed by atoms with Gasteiger partial charge in [-0.05, 0) is 54.4 Å². The van der Waals surface area contributed by atoms with Gasteiger partial charge in [-0.15, -0.1) is 0 Å². The van der Waals surface area contributed by atoms with Crippen LogP contribution in [-0.2, 0) is 20.9 Å². The van der Waals surface area contributed by atoms with Gasteiger partial charge in [-0.2, -0.15) is 0 Å². The first kappa shape index (κ1) is 31.8. The molecule has 230 valence electrons. The van der Waals surface area contributed by atoms with Crippen LogP contribution >= 0.6 is 27.5 Å². The molecule has 6 nitrogen and oxygen atoms in total. The van der Waals surface area contributed by atoms with Crippen molar-refractivity contribution < 1.29 is 23.8 Å². The lowest BCUT2D eigenvalue weighted by atomic mass is 9.63. The first-order valence-corrected chi connectivity index (χ1v) is 16.1. The van der Waals surface area contributed by atoms with Gasteiger partial charge >= 0.3 is 0 Å². The van der Waals surface area contributed by atoms with Gasteiger partial charge in [0.25, 0.3) is 0 Å². The highest BCUT2D eigenvalue weighted by atomic mass is 79.9. The maximum Gasteiger partial charge on any atom is 0.180 e. The summed E-state index contributed by atoms with van der Waals surface area (Å²) in [6, 6.07) is 11.6. The zero-order chi connectivity index (χ0) is 31.1. The number of hydrogen-bond donors (Lipinski definition) is 0. The monoisotopic (exact) mass is 669 g/mol. The molecule has 0 saturated heterocycles. The Labute approximate surface area is 268 Å². The first-order valence-electron chi connectivity index (χ1n) is 15.0. The van der Waals surface area contributed by atoms with Crippen molar-refractivity contribution in [3.8, 4) is 11.5 Å². The van der Waals surface area contributed by atoms with Crippen molar-refractivity contribution in [2.24, 2.45) is 10.8 Å². The molecule has 0 saturated carbocycles. The van der Waals surface area contributed by atoms with Gasteiger partial charge in [0.05, 0.1) is 18.2 Å². The molecule has 0 bridgehead atoms. The highest BCUT2D eigenvalue weighted by Gasteiger charge is 2.49. The largest absolute Gasteiger partial charge is 0.490 e. The van der Waals surface area contributed by atoms with E-state index in [9.17, 15) is 9.59 Å². The van der Waals surface area contributed by atoms with Crippen molar-refractivity contribution in [2.45, 2.75) is 72.8 Å². The Morgan fingerprint density at radius 3 is 2.09 bits per heavy atom. The Morgan fingerprint density at radius 1 is 0.930 bits per heavy atom. The number of carbonyl (C=O) groups excluding carboxylic acids is 2. The molecule has 0 aromatic heterocycles. The molecule has 2 aliphatic carbocycles. The third kappa shape index (κ3) is 6.45. The molecule has 0 unspecified atom stereocenters. The zero-order valence-corrected chi connectivity index (χ0v) is 28.3. The Morgan fingerprint density at radius 2 is 1.53 bits per heavy atom. The minimum Gasteiger partial charge on any atom is -0.490 e. The highest BCUT2D eigenvalue weighted by Crippen LogP contribution is 2.55. The second-order valence-corrected chi connectivity index (χ2v) is 14.6. The molecule has 5 rings (SSSR count). The molecule has 2 aromatic rings. The fraction of sp³-hybridized carbons (Fsp3) is 0.486. The maximum atomic E-state index is 14.1. The number of halogens is 2. The Kier molecular flexibility index (Phi) is 9.18. The van der Waals surface area contributed by atoms with E-state index in [1.54, 1.807) is 7.11 Å². The van der Waals surface area contributed by atoms with Crippen molar-refractivity contribution in [3.05, 3.63) is 79.6 Å². The first-order chi connectivity index (χ1) is 20.4. The maximum absolute atomic E-state index is 14.1. The summed E-state index contributed by atoms with van der Waals surface area (Å²) in [6.45, 7) is 12.2. The van der Waals surface area contributed by atoms with Gasteiger partial charge in [0.2, 0.25) is 0 Å². The summed E-state index contributed by atoms with van der Waals surface area (Å²) in [4.78, 5) is 30.4. The van der Waals surface area contributed by atoms with Crippen LogP contribution in [0.1, 0.15) is 77.3 Å². The van der Waals surface area contributed by atoms with E-state index in [-0.39, 0.29) is 22.4 Å². The summed E-state index contributed by atoms with van der Waals surface area (Å²) in [7, 11) is 1.68. The zero-order valence-electron chi connectivity index (χ0n) is 25.9. The van der Waals surface area contributed by atoms with Crippen molar-refractivity contribution >= 4 is 39.1 Å². The van der Waals surface area contributed by atoms with Gasteiger partial charge < -0.3 is 19.1 Å². The quantitative estimate of drug-likeness (QED) is 0.267. The lowest BCUT2D eigenvalue weighted by Crippen LogP contribution is -2.45. The normalized spacial score (nSPS) is 19.9. The predicted octanol–water partition coefficient (Wildman–Crippen LogP) is 8.41. The molecule has 43 heavy (non-hydrogen) atoms. The molecule has 0 spiro atoms. The van der Waals surface area contributed by atoms with Crippen LogP contribution in [0.5, 0.6) is 11.5 Å². The summed E-state index contributed by atoms with van der Waals surface area (Å²) in [6.07, 6.45) is 2.31. The van der Waals surface area contributed by atoms with Gasteiger partial charge in [-0.1, -0.05) is 73.4 Å². The van der Waals surface area contributed by atoms with Crippen LogP contribution in [0, 0.1) is 10.8 Å². The van der Waals surface area contributed by atoms with Crippen molar-refractivity contribution in [2.75, 3.05) is 26.9 Å². The predicted molar refractivity (Wildman–Crippen MR) is 173 cm³/mol. The molecule has 0 amide bonds. The SMILES string of the molecule is CCOc1cc(C2C3=C(CC(C)(C)CC3=O)N(CCOC)C3=C2C(=O)CC(C)(C)C3)cc(Cl)c1OCc1ccccc1Br. The van der Waals surface area contributed by atoms with Crippen LogP contribution in [0.4, 0.5) is 0 Å². The summed E-state index contributed by atoms with van der Waals surface area (Å²) < 4.78 is 18.8. The van der Waals surface area contributed by atoms with Gasteiger partial charge in [0.15, 0.2) is 23.1 Å². The van der Waals surface area contributed by atoms with Crippen LogP contribution in [0.3, 0.4) is 0 Å². The number of carbonyl (C=O) groups is 2. The van der Waals surface area contributed by atoms with Gasteiger partial charge in [0.1, 0.15) is 6.61 Å². The molecular formula is C35H41BrClNO5. The van der Waals surface area contributed by atoms with E-state index in [1.165, 1.54) is 0 Å². The van der Waals surface area contributed by atoms with Crippen molar-refractivity contribution in [1.82, 2.24) is 4.90 Å². The molecule has 2 aromatic carbocycles. The number of ether oxygens (including phenoxy) is 3. The van der Waals surface area contributed by atoms with E-state index in [4.69, 9.17) is 25.8 Å². The summed E-state index contributed by atoms with van der Waals surface area (Å²) in [5, 5.41) is 0.381. The number of methoxy groups -OCH3 is 1. The van der Waals surface area contributed by atoms with Gasteiger partial charge in [0, 0.05) is 65.0 Å². The number of Topliss-reactive ketones (excluding diaryl/α,β-unsaturated/α-hetero) is 2. The molecule has 1 heterocycles. The van der Waals surface area contributed by atoms with E-state index >= 15 is 0 Å². The van der Waals surface area contributed by atoms with Crippen molar-refractivity contribution in [3.63, 3.8) is 0 Å². The number of hydrogen-bond acceptors (Lipinski definition) is 6. The van der Waals surface area contributed by atoms with E-state index in [1.807, 2.05) is 43.3 Å².